The maximum Gasteiger partial charge on any atom is 0.332 e. The first-order chi connectivity index (χ1) is 19.8. The average Bonchev–Trinajstić information content (AvgIpc) is 3.54. The first-order valence-corrected chi connectivity index (χ1v) is 14.2. The Morgan fingerprint density at radius 3 is 2.05 bits per heavy atom. The number of ether oxygens (including phenoxy) is 1. The van der Waals surface area contributed by atoms with E-state index in [-0.39, 0.29) is 53.8 Å². The molecule has 4 heterocycles. The molecule has 2 aromatic heterocycles. The van der Waals surface area contributed by atoms with Gasteiger partial charge in [-0.15, -0.1) is 0 Å². The van der Waals surface area contributed by atoms with Gasteiger partial charge in [-0.3, -0.25) is 23.3 Å². The Kier molecular flexibility index (Phi) is 8.41. The Morgan fingerprint density at radius 2 is 1.50 bits per heavy atom. The van der Waals surface area contributed by atoms with Crippen molar-refractivity contribution in [3.05, 3.63) is 99.0 Å². The van der Waals surface area contributed by atoms with Crippen LogP contribution in [0.2, 0.25) is 0 Å². The van der Waals surface area contributed by atoms with E-state index in [1.54, 1.807) is 7.05 Å². The molecule has 2 N–H and O–H groups in total. The molecule has 4 unspecified atom stereocenters. The van der Waals surface area contributed by atoms with Gasteiger partial charge in [0.25, 0.3) is 5.56 Å². The van der Waals surface area contributed by atoms with Crippen LogP contribution in [0.5, 0.6) is 0 Å². The number of nitrogens with one attached hydrogen (secondary N) is 1. The van der Waals surface area contributed by atoms with Crippen molar-refractivity contribution in [1.82, 2.24) is 18.7 Å². The number of aliphatic hydroxyl groups excluding tert-OH is 1. The summed E-state index contributed by atoms with van der Waals surface area (Å²) in [5, 5.41) is 11.5. The summed E-state index contributed by atoms with van der Waals surface area (Å²) in [5.41, 5.74) is 1.32. The van der Waals surface area contributed by atoms with Crippen molar-refractivity contribution in [2.24, 2.45) is 14.1 Å². The highest BCUT2D eigenvalue weighted by molar-refractivity contribution is 5.82. The molecular weight excluding hydrogens is 558 g/mol. The number of fused-ring (bicyclic) bond motifs is 3. The smallest absolute Gasteiger partial charge is 0.332 e. The molecule has 42 heavy (non-hydrogen) atoms. The van der Waals surface area contributed by atoms with Gasteiger partial charge in [0.15, 0.2) is 17.4 Å². The Morgan fingerprint density at radius 1 is 0.952 bits per heavy atom. The highest BCUT2D eigenvalue weighted by atomic mass is 35.5. The maximum atomic E-state index is 13.6. The molecule has 6 rings (SSSR count). The van der Waals surface area contributed by atoms with Gasteiger partial charge < -0.3 is 27.2 Å². The van der Waals surface area contributed by atoms with E-state index >= 15 is 0 Å². The highest BCUT2D eigenvalue weighted by Crippen LogP contribution is 2.31. The van der Waals surface area contributed by atoms with Crippen molar-refractivity contribution >= 4 is 17.1 Å². The van der Waals surface area contributed by atoms with E-state index in [9.17, 15) is 19.5 Å². The van der Waals surface area contributed by atoms with Gasteiger partial charge in [0.1, 0.15) is 24.4 Å². The predicted octanol–water partition coefficient (Wildman–Crippen LogP) is -1.73. The standard InChI is InChI=1S/C31H35N5O5.ClH/c1-19(28(37)35-18-32-27-26(35)29(38)34(3)31(40)33(27)2)36-22-14-15-23(36)17-24(16-22)41-30(39)25(20-10-6-4-7-11-20)21-12-8-5-9-13-21;/h4-13,18-19,22-25,28,37H,14-17H2,1-3H3;1H. The van der Waals surface area contributed by atoms with Crippen LogP contribution in [0.25, 0.3) is 11.2 Å². The number of aromatic nitrogens is 4. The lowest BCUT2D eigenvalue weighted by Gasteiger charge is -2.41. The summed E-state index contributed by atoms with van der Waals surface area (Å²) < 4.78 is 10.1. The molecule has 0 saturated carbocycles. The van der Waals surface area contributed by atoms with Crippen molar-refractivity contribution in [1.29, 1.82) is 0 Å². The van der Waals surface area contributed by atoms with Crippen LogP contribution in [0.15, 0.2) is 76.6 Å². The summed E-state index contributed by atoms with van der Waals surface area (Å²) in [5.74, 6) is -0.732. The van der Waals surface area contributed by atoms with Gasteiger partial charge in [0.2, 0.25) is 0 Å². The molecule has 2 fully saturated rings. The lowest BCUT2D eigenvalue weighted by molar-refractivity contribution is -0.969. The lowest BCUT2D eigenvalue weighted by atomic mass is 9.91. The number of hydrogen-bond acceptors (Lipinski definition) is 6. The highest BCUT2D eigenvalue weighted by Gasteiger charge is 2.50. The normalized spacial score (nSPS) is 23.0. The summed E-state index contributed by atoms with van der Waals surface area (Å²) in [6, 6.07) is 19.7. The Balaban J connectivity index is 0.00000353. The van der Waals surface area contributed by atoms with Crippen molar-refractivity contribution < 1.29 is 31.9 Å². The molecule has 0 radical (unpaired) electrons. The monoisotopic (exact) mass is 593 g/mol. The number of quaternary nitrogens is 1. The van der Waals surface area contributed by atoms with E-state index in [1.807, 2.05) is 67.6 Å². The minimum absolute atomic E-state index is 0. The molecule has 10 nitrogen and oxygen atoms in total. The summed E-state index contributed by atoms with van der Waals surface area (Å²) in [6.07, 6.45) is 3.62. The maximum absolute atomic E-state index is 13.6. The zero-order valence-corrected chi connectivity index (χ0v) is 24.6. The molecule has 4 aromatic rings. The van der Waals surface area contributed by atoms with Crippen LogP contribution < -0.4 is 28.6 Å². The van der Waals surface area contributed by atoms with Crippen LogP contribution in [0.3, 0.4) is 0 Å². The summed E-state index contributed by atoms with van der Waals surface area (Å²) in [4.78, 5) is 44.5. The van der Waals surface area contributed by atoms with Crippen LogP contribution >= 0.6 is 0 Å². The van der Waals surface area contributed by atoms with E-state index in [4.69, 9.17) is 4.74 Å². The topological polar surface area (TPSA) is 113 Å². The molecule has 2 bridgehead atoms. The summed E-state index contributed by atoms with van der Waals surface area (Å²) in [6.45, 7) is 1.98. The number of rotatable bonds is 7. The van der Waals surface area contributed by atoms with Gasteiger partial charge in [-0.05, 0) is 18.1 Å². The number of benzene rings is 2. The minimum atomic E-state index is -1.01. The largest absolute Gasteiger partial charge is 1.00 e. The van der Waals surface area contributed by atoms with Crippen LogP contribution in [-0.2, 0) is 23.6 Å². The van der Waals surface area contributed by atoms with E-state index in [0.29, 0.717) is 12.8 Å². The molecule has 2 saturated heterocycles. The predicted molar refractivity (Wildman–Crippen MR) is 153 cm³/mol. The molecule has 0 spiro atoms. The lowest BCUT2D eigenvalue weighted by Crippen LogP contribution is -3.21. The average molecular weight is 594 g/mol. The fraction of sp³-hybridized carbons (Fsp3) is 0.419. The van der Waals surface area contributed by atoms with Gasteiger partial charge in [0, 0.05) is 39.8 Å². The molecule has 4 atom stereocenters. The van der Waals surface area contributed by atoms with Gasteiger partial charge in [-0.2, -0.15) is 0 Å². The number of nitrogens with zero attached hydrogens (tertiary/aromatic N) is 4. The number of halogens is 1. The van der Waals surface area contributed by atoms with Crippen molar-refractivity contribution in [3.8, 4) is 0 Å². The fourth-order valence-corrected chi connectivity index (χ4v) is 7.11. The van der Waals surface area contributed by atoms with Crippen LogP contribution in [0, 0.1) is 0 Å². The second-order valence-corrected chi connectivity index (χ2v) is 11.5. The number of imidazole rings is 1. The van der Waals surface area contributed by atoms with Gasteiger partial charge in [-0.1, -0.05) is 60.7 Å². The second kappa shape index (κ2) is 11.9. The van der Waals surface area contributed by atoms with Gasteiger partial charge in [-0.25, -0.2) is 9.78 Å². The minimum Gasteiger partial charge on any atom is -1.00 e. The molecule has 2 aliphatic heterocycles. The third-order valence-corrected chi connectivity index (χ3v) is 9.12. The zero-order chi connectivity index (χ0) is 28.8. The van der Waals surface area contributed by atoms with E-state index in [1.165, 1.54) is 27.4 Å². The summed E-state index contributed by atoms with van der Waals surface area (Å²) in [7, 11) is 2.99. The number of aliphatic hydroxyl groups is 1. The molecule has 222 valence electrons. The number of carbonyl (C=O) groups excluding carboxylic acids is 1. The fourth-order valence-electron chi connectivity index (χ4n) is 7.11. The van der Waals surface area contributed by atoms with E-state index in [2.05, 4.69) is 4.98 Å². The van der Waals surface area contributed by atoms with Gasteiger partial charge >= 0.3 is 11.7 Å². The second-order valence-electron chi connectivity index (χ2n) is 11.5. The quantitative estimate of drug-likeness (QED) is 0.246. The number of piperidine rings is 1. The molecule has 11 heteroatoms. The third-order valence-electron chi connectivity index (χ3n) is 9.12. The number of hydrogen-bond donors (Lipinski definition) is 2. The first kappa shape index (κ1) is 29.8. The van der Waals surface area contributed by atoms with Crippen molar-refractivity contribution in [2.75, 3.05) is 0 Å². The Bertz CT molecular complexity index is 1630. The van der Waals surface area contributed by atoms with Crippen LogP contribution in [0.1, 0.15) is 55.9 Å². The molecule has 0 amide bonds. The molecule has 0 aliphatic carbocycles. The number of carbonyl (C=O) groups is 1. The van der Waals surface area contributed by atoms with Crippen LogP contribution in [0.4, 0.5) is 0 Å². The number of aryl methyl sites for hydroxylation is 1. The van der Waals surface area contributed by atoms with Crippen molar-refractivity contribution in [3.63, 3.8) is 0 Å². The van der Waals surface area contributed by atoms with E-state index < -0.39 is 23.4 Å². The Hall–Kier alpha value is -3.73. The first-order valence-electron chi connectivity index (χ1n) is 14.2. The van der Waals surface area contributed by atoms with Gasteiger partial charge in [0.05, 0.1) is 12.1 Å². The van der Waals surface area contributed by atoms with Crippen LogP contribution in [-0.4, -0.2) is 54.0 Å². The summed E-state index contributed by atoms with van der Waals surface area (Å²) >= 11 is 0. The molecule has 2 aromatic carbocycles. The zero-order valence-electron chi connectivity index (χ0n) is 23.9. The van der Waals surface area contributed by atoms with E-state index in [0.717, 1.165) is 28.5 Å². The Labute approximate surface area is 249 Å². The SMILES string of the molecule is CC(C(O)n1cnc2c1c(=O)n(C)c(=O)n2C)[NH+]1C2CCC1CC(OC(=O)C(c1ccccc1)c1ccccc1)C2.[Cl-]. The number of esters is 1. The van der Waals surface area contributed by atoms with Crippen molar-refractivity contribution in [2.45, 2.75) is 69.0 Å². The third kappa shape index (κ3) is 5.08. The molecular formula is C31H36ClN5O5. The molecule has 2 aliphatic rings.